The maximum absolute atomic E-state index is 6.09. The van der Waals surface area contributed by atoms with Crippen LogP contribution in [-0.2, 0) is 12.0 Å². The van der Waals surface area contributed by atoms with Crippen molar-refractivity contribution in [2.45, 2.75) is 39.7 Å². The van der Waals surface area contributed by atoms with Crippen molar-refractivity contribution < 1.29 is 4.74 Å². The number of hydrogen-bond donors (Lipinski definition) is 1. The van der Waals surface area contributed by atoms with Crippen molar-refractivity contribution in [3.63, 3.8) is 0 Å². The van der Waals surface area contributed by atoms with Crippen molar-refractivity contribution in [3.8, 4) is 17.0 Å². The predicted molar refractivity (Wildman–Crippen MR) is 105 cm³/mol. The Kier molecular flexibility index (Phi) is 4.71. The number of aromatic nitrogens is 2. The first-order chi connectivity index (χ1) is 11.8. The number of benzene rings is 1. The molecule has 2 N–H and O–H groups in total. The van der Waals surface area contributed by atoms with Gasteiger partial charge in [-0.1, -0.05) is 27.4 Å². The van der Waals surface area contributed by atoms with Gasteiger partial charge in [0.25, 0.3) is 0 Å². The van der Waals surface area contributed by atoms with Crippen LogP contribution in [0, 0.1) is 0 Å². The van der Waals surface area contributed by atoms with Gasteiger partial charge < -0.3 is 10.5 Å². The molecule has 1 aromatic carbocycles. The number of hydrogen-bond acceptors (Lipinski definition) is 4. The third-order valence-corrected chi connectivity index (χ3v) is 4.86. The van der Waals surface area contributed by atoms with E-state index in [1.54, 1.807) is 11.3 Å². The molecule has 0 fully saturated rings. The predicted octanol–water partition coefficient (Wildman–Crippen LogP) is 4.77. The van der Waals surface area contributed by atoms with Gasteiger partial charge in [-0.3, -0.25) is 4.40 Å². The normalized spacial score (nSPS) is 11.9. The molecule has 25 heavy (non-hydrogen) atoms. The molecule has 0 unspecified atom stereocenters. The Morgan fingerprint density at radius 3 is 2.52 bits per heavy atom. The number of nitrogens with two attached hydrogens (primary N) is 1. The van der Waals surface area contributed by atoms with Gasteiger partial charge in [-0.15, -0.1) is 11.3 Å². The number of nitrogens with zero attached hydrogens (tertiary/aromatic N) is 2. The van der Waals surface area contributed by atoms with Gasteiger partial charge >= 0.3 is 0 Å². The minimum atomic E-state index is 0.0420. The third kappa shape index (κ3) is 3.48. The van der Waals surface area contributed by atoms with E-state index in [4.69, 9.17) is 15.5 Å². The number of rotatable bonds is 5. The molecule has 0 amide bonds. The molecule has 0 bridgehead atoms. The second kappa shape index (κ2) is 6.65. The fourth-order valence-corrected chi connectivity index (χ4v) is 3.90. The molecule has 2 aromatic heterocycles. The van der Waals surface area contributed by atoms with E-state index < -0.39 is 0 Å². The minimum Gasteiger partial charge on any atom is -0.489 e. The van der Waals surface area contributed by atoms with Gasteiger partial charge in [0.05, 0.1) is 11.4 Å². The molecular formula is C20H25N3OS. The molecule has 5 heteroatoms. The molecule has 0 saturated carbocycles. The maximum Gasteiger partial charge on any atom is 0.194 e. The van der Waals surface area contributed by atoms with Crippen LogP contribution in [-0.4, -0.2) is 16.0 Å². The summed E-state index contributed by atoms with van der Waals surface area (Å²) in [5, 5.41) is 2.18. The highest BCUT2D eigenvalue weighted by atomic mass is 32.1. The fourth-order valence-electron chi connectivity index (χ4n) is 2.77. The zero-order valence-electron chi connectivity index (χ0n) is 15.3. The summed E-state index contributed by atoms with van der Waals surface area (Å²) in [5.41, 5.74) is 11.4. The standard InChI is InChI=1S/C20H25N3OS/c1-13(2)11-24-15-8-6-14(7-9-15)18-16(10-21)23-17(20(3,4)5)12-25-19(23)22-18/h6-9,12H,1,10-11,21H2,2-5H3. The van der Waals surface area contributed by atoms with Crippen molar-refractivity contribution in [1.82, 2.24) is 9.38 Å². The van der Waals surface area contributed by atoms with E-state index in [1.807, 2.05) is 31.2 Å². The first kappa shape index (κ1) is 17.7. The lowest BCUT2D eigenvalue weighted by Gasteiger charge is -2.18. The lowest BCUT2D eigenvalue weighted by atomic mass is 9.93. The fraction of sp³-hybridized carbons (Fsp3) is 0.350. The molecule has 0 aliphatic heterocycles. The summed E-state index contributed by atoms with van der Waals surface area (Å²) in [6.07, 6.45) is 0. The smallest absolute Gasteiger partial charge is 0.194 e. The summed E-state index contributed by atoms with van der Waals surface area (Å²) in [6, 6.07) is 8.01. The van der Waals surface area contributed by atoms with Gasteiger partial charge in [-0.05, 0) is 36.8 Å². The van der Waals surface area contributed by atoms with Crippen LogP contribution < -0.4 is 10.5 Å². The van der Waals surface area contributed by atoms with Crippen LogP contribution in [0.4, 0.5) is 0 Å². The second-order valence-electron chi connectivity index (χ2n) is 7.37. The van der Waals surface area contributed by atoms with E-state index in [-0.39, 0.29) is 5.41 Å². The van der Waals surface area contributed by atoms with Gasteiger partial charge in [0.2, 0.25) is 0 Å². The summed E-state index contributed by atoms with van der Waals surface area (Å²) in [5.74, 6) is 0.831. The molecule has 3 aromatic rings. The number of ether oxygens (including phenoxy) is 1. The van der Waals surface area contributed by atoms with Crippen LogP contribution in [0.5, 0.6) is 5.75 Å². The third-order valence-electron chi connectivity index (χ3n) is 4.03. The average Bonchev–Trinajstić information content (AvgIpc) is 3.11. The highest BCUT2D eigenvalue weighted by Crippen LogP contribution is 2.33. The second-order valence-corrected chi connectivity index (χ2v) is 8.21. The number of thiazole rings is 1. The van der Waals surface area contributed by atoms with Crippen molar-refractivity contribution in [1.29, 1.82) is 0 Å². The van der Waals surface area contributed by atoms with E-state index in [2.05, 4.69) is 37.1 Å². The van der Waals surface area contributed by atoms with Crippen LogP contribution >= 0.6 is 11.3 Å². The van der Waals surface area contributed by atoms with E-state index in [9.17, 15) is 0 Å². The number of fused-ring (bicyclic) bond motifs is 1. The van der Waals surface area contributed by atoms with E-state index >= 15 is 0 Å². The molecular weight excluding hydrogens is 330 g/mol. The summed E-state index contributed by atoms with van der Waals surface area (Å²) in [6.45, 7) is 13.4. The molecule has 132 valence electrons. The Bertz CT molecular complexity index is 898. The highest BCUT2D eigenvalue weighted by molar-refractivity contribution is 7.15. The molecule has 0 radical (unpaired) electrons. The first-order valence-electron chi connectivity index (χ1n) is 8.38. The topological polar surface area (TPSA) is 52.5 Å². The zero-order chi connectivity index (χ0) is 18.2. The first-order valence-corrected chi connectivity index (χ1v) is 9.26. The van der Waals surface area contributed by atoms with Crippen LogP contribution in [0.3, 0.4) is 0 Å². The zero-order valence-corrected chi connectivity index (χ0v) is 16.1. The van der Waals surface area contributed by atoms with Crippen LogP contribution in [0.25, 0.3) is 16.2 Å². The van der Waals surface area contributed by atoms with Gasteiger partial charge in [0.1, 0.15) is 12.4 Å². The van der Waals surface area contributed by atoms with Crippen molar-refractivity contribution in [2.75, 3.05) is 6.61 Å². The lowest BCUT2D eigenvalue weighted by molar-refractivity contribution is 0.353. The van der Waals surface area contributed by atoms with Crippen LogP contribution in [0.2, 0.25) is 0 Å². The summed E-state index contributed by atoms with van der Waals surface area (Å²) in [4.78, 5) is 5.83. The maximum atomic E-state index is 6.09. The molecule has 4 nitrogen and oxygen atoms in total. The molecule has 0 saturated heterocycles. The molecule has 0 aliphatic carbocycles. The van der Waals surface area contributed by atoms with Gasteiger partial charge in [-0.2, -0.15) is 0 Å². The summed E-state index contributed by atoms with van der Waals surface area (Å²) in [7, 11) is 0. The van der Waals surface area contributed by atoms with E-state index in [0.717, 1.165) is 33.2 Å². The van der Waals surface area contributed by atoms with E-state index in [0.29, 0.717) is 13.2 Å². The summed E-state index contributed by atoms with van der Waals surface area (Å²) < 4.78 is 7.89. The largest absolute Gasteiger partial charge is 0.489 e. The van der Waals surface area contributed by atoms with Crippen molar-refractivity contribution in [2.24, 2.45) is 5.73 Å². The van der Waals surface area contributed by atoms with Gasteiger partial charge in [0.15, 0.2) is 4.96 Å². The Balaban J connectivity index is 2.01. The van der Waals surface area contributed by atoms with Gasteiger partial charge in [-0.25, -0.2) is 4.98 Å². The Morgan fingerprint density at radius 1 is 1.28 bits per heavy atom. The minimum absolute atomic E-state index is 0.0420. The van der Waals surface area contributed by atoms with Crippen LogP contribution in [0.15, 0.2) is 41.8 Å². The molecule has 3 rings (SSSR count). The van der Waals surface area contributed by atoms with Crippen molar-refractivity contribution >= 4 is 16.3 Å². The SMILES string of the molecule is C=C(C)COc1ccc(-c2nc3scc(C(C)(C)C)n3c2CN)cc1. The molecule has 0 spiro atoms. The molecule has 0 atom stereocenters. The quantitative estimate of drug-likeness (QED) is 0.671. The Hall–Kier alpha value is -2.11. The van der Waals surface area contributed by atoms with Crippen molar-refractivity contribution in [3.05, 3.63) is 53.2 Å². The van der Waals surface area contributed by atoms with E-state index in [1.165, 1.54) is 5.69 Å². The lowest BCUT2D eigenvalue weighted by Crippen LogP contribution is -2.16. The summed E-state index contributed by atoms with van der Waals surface area (Å²) >= 11 is 1.66. The molecule has 0 aliphatic rings. The molecule has 2 heterocycles. The average molecular weight is 356 g/mol. The Labute approximate surface area is 153 Å². The van der Waals surface area contributed by atoms with Gasteiger partial charge in [0, 0.05) is 28.6 Å². The number of imidazole rings is 1. The highest BCUT2D eigenvalue weighted by Gasteiger charge is 2.23. The van der Waals surface area contributed by atoms with Crippen LogP contribution in [0.1, 0.15) is 39.1 Å². The monoisotopic (exact) mass is 355 g/mol. The Morgan fingerprint density at radius 2 is 1.96 bits per heavy atom.